The van der Waals surface area contributed by atoms with Crippen LogP contribution in [0.1, 0.15) is 0 Å². The van der Waals surface area contributed by atoms with Crippen molar-refractivity contribution in [3.63, 3.8) is 0 Å². The Labute approximate surface area is 107 Å². The molecule has 1 aromatic carbocycles. The molecule has 1 aliphatic rings. The quantitative estimate of drug-likeness (QED) is 0.650. The fourth-order valence-electron chi connectivity index (χ4n) is 2.02. The van der Waals surface area contributed by atoms with E-state index < -0.39 is 10.0 Å². The van der Waals surface area contributed by atoms with Crippen LogP contribution >= 0.6 is 0 Å². The molecule has 0 saturated carbocycles. The molecule has 0 atom stereocenters. The van der Waals surface area contributed by atoms with Gasteiger partial charge in [-0.15, -0.1) is 0 Å². The Hall–Kier alpha value is -1.31. The number of sulfonamides is 1. The van der Waals surface area contributed by atoms with Crippen LogP contribution in [0.3, 0.4) is 0 Å². The molecule has 0 spiro atoms. The molecule has 1 aliphatic heterocycles. The average Bonchev–Trinajstić information content (AvgIpc) is 2.39. The van der Waals surface area contributed by atoms with Gasteiger partial charge < -0.3 is 16.0 Å². The van der Waals surface area contributed by atoms with Crippen molar-refractivity contribution in [3.05, 3.63) is 18.2 Å². The van der Waals surface area contributed by atoms with Crippen molar-refractivity contribution in [1.82, 2.24) is 10.0 Å². The summed E-state index contributed by atoms with van der Waals surface area (Å²) in [5.74, 6) is 0. The van der Waals surface area contributed by atoms with Gasteiger partial charge in [0.05, 0.1) is 5.69 Å². The Morgan fingerprint density at radius 3 is 2.61 bits per heavy atom. The molecule has 1 saturated heterocycles. The van der Waals surface area contributed by atoms with Gasteiger partial charge >= 0.3 is 0 Å². The predicted molar refractivity (Wildman–Crippen MR) is 72.2 cm³/mol. The van der Waals surface area contributed by atoms with Crippen LogP contribution in [0.5, 0.6) is 0 Å². The summed E-state index contributed by atoms with van der Waals surface area (Å²) in [5, 5.41) is 3.24. The second-order valence-corrected chi connectivity index (χ2v) is 6.03. The predicted octanol–water partition coefficient (Wildman–Crippen LogP) is -0.413. The van der Waals surface area contributed by atoms with Crippen LogP contribution in [0, 0.1) is 0 Å². The molecule has 0 unspecified atom stereocenters. The van der Waals surface area contributed by atoms with E-state index in [0.29, 0.717) is 11.4 Å². The van der Waals surface area contributed by atoms with E-state index in [0.717, 1.165) is 26.2 Å². The molecule has 1 fully saturated rings. The Bertz CT molecular complexity index is 524. The van der Waals surface area contributed by atoms with Crippen molar-refractivity contribution in [2.24, 2.45) is 0 Å². The zero-order valence-corrected chi connectivity index (χ0v) is 11.1. The van der Waals surface area contributed by atoms with E-state index in [4.69, 9.17) is 5.73 Å². The van der Waals surface area contributed by atoms with E-state index in [1.807, 2.05) is 0 Å². The highest BCUT2D eigenvalue weighted by Crippen LogP contribution is 2.27. The van der Waals surface area contributed by atoms with Crippen LogP contribution in [0.2, 0.25) is 0 Å². The standard InChI is InChI=1S/C11H18N4O2S/c1-13-18(16,17)11-8-9(12)2-3-10(11)15-6-4-14-5-7-15/h2-3,8,13-14H,4-7,12H2,1H3. The van der Waals surface area contributed by atoms with Crippen molar-refractivity contribution < 1.29 is 8.42 Å². The number of nitrogen functional groups attached to an aromatic ring is 1. The van der Waals surface area contributed by atoms with E-state index in [9.17, 15) is 8.42 Å². The smallest absolute Gasteiger partial charge is 0.242 e. The third-order valence-electron chi connectivity index (χ3n) is 3.00. The molecule has 1 aromatic rings. The first kappa shape index (κ1) is 13.1. The third kappa shape index (κ3) is 2.58. The van der Waals surface area contributed by atoms with Gasteiger partial charge in [0.15, 0.2) is 0 Å². The molecule has 18 heavy (non-hydrogen) atoms. The van der Waals surface area contributed by atoms with Gasteiger partial charge in [-0.2, -0.15) is 0 Å². The highest BCUT2D eigenvalue weighted by atomic mass is 32.2. The molecule has 2 rings (SSSR count). The number of nitrogens with two attached hydrogens (primary N) is 1. The average molecular weight is 270 g/mol. The molecule has 0 aliphatic carbocycles. The Morgan fingerprint density at radius 2 is 2.00 bits per heavy atom. The van der Waals surface area contributed by atoms with Gasteiger partial charge in [0.1, 0.15) is 4.90 Å². The van der Waals surface area contributed by atoms with Crippen molar-refractivity contribution in [3.8, 4) is 0 Å². The third-order valence-corrected chi connectivity index (χ3v) is 4.44. The lowest BCUT2D eigenvalue weighted by molar-refractivity contribution is 0.576. The van der Waals surface area contributed by atoms with Gasteiger partial charge in [-0.05, 0) is 25.2 Å². The van der Waals surface area contributed by atoms with Crippen molar-refractivity contribution in [2.75, 3.05) is 43.9 Å². The van der Waals surface area contributed by atoms with E-state index in [1.54, 1.807) is 12.1 Å². The van der Waals surface area contributed by atoms with Crippen LogP contribution in [-0.2, 0) is 10.0 Å². The molecule has 7 heteroatoms. The molecule has 0 bridgehead atoms. The first-order valence-electron chi connectivity index (χ1n) is 5.83. The summed E-state index contributed by atoms with van der Waals surface area (Å²) in [6, 6.07) is 5.00. The number of piperazine rings is 1. The second kappa shape index (κ2) is 5.13. The highest BCUT2D eigenvalue weighted by Gasteiger charge is 2.21. The normalized spacial score (nSPS) is 16.8. The van der Waals surface area contributed by atoms with Gasteiger partial charge in [0.25, 0.3) is 0 Å². The first-order chi connectivity index (χ1) is 8.54. The van der Waals surface area contributed by atoms with E-state index in [2.05, 4.69) is 14.9 Å². The summed E-state index contributed by atoms with van der Waals surface area (Å²) in [6.07, 6.45) is 0. The molecule has 4 N–H and O–H groups in total. The van der Waals surface area contributed by atoms with Crippen molar-refractivity contribution >= 4 is 21.4 Å². The van der Waals surface area contributed by atoms with Crippen molar-refractivity contribution in [2.45, 2.75) is 4.90 Å². The summed E-state index contributed by atoms with van der Waals surface area (Å²) < 4.78 is 26.4. The molecule has 0 radical (unpaired) electrons. The van der Waals surface area contributed by atoms with Crippen LogP contribution < -0.4 is 20.7 Å². The van der Waals surface area contributed by atoms with Gasteiger partial charge in [-0.3, -0.25) is 0 Å². The molecular formula is C11H18N4O2S. The monoisotopic (exact) mass is 270 g/mol. The number of anilines is 2. The highest BCUT2D eigenvalue weighted by molar-refractivity contribution is 7.89. The minimum atomic E-state index is -3.49. The van der Waals surface area contributed by atoms with E-state index in [1.165, 1.54) is 13.1 Å². The number of rotatable bonds is 3. The van der Waals surface area contributed by atoms with Gasteiger partial charge in [0, 0.05) is 31.9 Å². The topological polar surface area (TPSA) is 87.5 Å². The molecule has 100 valence electrons. The number of nitrogens with zero attached hydrogens (tertiary/aromatic N) is 1. The Morgan fingerprint density at radius 1 is 1.33 bits per heavy atom. The maximum atomic E-state index is 12.0. The van der Waals surface area contributed by atoms with E-state index in [-0.39, 0.29) is 4.90 Å². The number of hydrogen-bond donors (Lipinski definition) is 3. The fraction of sp³-hybridized carbons (Fsp3) is 0.455. The van der Waals surface area contributed by atoms with Crippen LogP contribution in [0.15, 0.2) is 23.1 Å². The summed E-state index contributed by atoms with van der Waals surface area (Å²) in [6.45, 7) is 3.28. The Kier molecular flexibility index (Phi) is 3.74. The van der Waals surface area contributed by atoms with Crippen molar-refractivity contribution in [1.29, 1.82) is 0 Å². The number of benzene rings is 1. The zero-order chi connectivity index (χ0) is 13.2. The maximum absolute atomic E-state index is 12.0. The largest absolute Gasteiger partial charge is 0.399 e. The Balaban J connectivity index is 2.46. The summed E-state index contributed by atoms with van der Waals surface area (Å²) >= 11 is 0. The lowest BCUT2D eigenvalue weighted by atomic mass is 10.2. The summed E-state index contributed by atoms with van der Waals surface area (Å²) in [7, 11) is -2.09. The minimum Gasteiger partial charge on any atom is -0.399 e. The van der Waals surface area contributed by atoms with E-state index >= 15 is 0 Å². The number of nitrogens with one attached hydrogen (secondary N) is 2. The molecule has 0 aromatic heterocycles. The SMILES string of the molecule is CNS(=O)(=O)c1cc(N)ccc1N1CCNCC1. The van der Waals surface area contributed by atoms with Gasteiger partial charge in [0.2, 0.25) is 10.0 Å². The summed E-state index contributed by atoms with van der Waals surface area (Å²) in [4.78, 5) is 2.30. The lowest BCUT2D eigenvalue weighted by Crippen LogP contribution is -2.44. The second-order valence-electron chi connectivity index (χ2n) is 4.17. The zero-order valence-electron chi connectivity index (χ0n) is 10.3. The molecular weight excluding hydrogens is 252 g/mol. The fourth-order valence-corrected chi connectivity index (χ4v) is 3.01. The molecule has 6 nitrogen and oxygen atoms in total. The number of hydrogen-bond acceptors (Lipinski definition) is 5. The summed E-state index contributed by atoms with van der Waals surface area (Å²) in [5.41, 5.74) is 6.84. The van der Waals surface area contributed by atoms with Gasteiger partial charge in [-0.1, -0.05) is 0 Å². The van der Waals surface area contributed by atoms with Crippen LogP contribution in [0.4, 0.5) is 11.4 Å². The maximum Gasteiger partial charge on any atom is 0.242 e. The van der Waals surface area contributed by atoms with Crippen LogP contribution in [0.25, 0.3) is 0 Å². The minimum absolute atomic E-state index is 0.243. The van der Waals surface area contributed by atoms with Gasteiger partial charge in [-0.25, -0.2) is 13.1 Å². The molecule has 0 amide bonds. The lowest BCUT2D eigenvalue weighted by Gasteiger charge is -2.31. The molecule has 1 heterocycles. The van der Waals surface area contributed by atoms with Crippen LogP contribution in [-0.4, -0.2) is 41.6 Å². The first-order valence-corrected chi connectivity index (χ1v) is 7.31.